The zero-order valence-electron chi connectivity index (χ0n) is 14.5. The second kappa shape index (κ2) is 7.64. The number of sulfone groups is 1. The van der Waals surface area contributed by atoms with Crippen molar-refractivity contribution in [2.45, 2.75) is 50.0 Å². The maximum Gasteiger partial charge on any atom is 0.221 e. The smallest absolute Gasteiger partial charge is 0.221 e. The summed E-state index contributed by atoms with van der Waals surface area (Å²) in [5.41, 5.74) is 0. The fourth-order valence-electron chi connectivity index (χ4n) is 3.37. The summed E-state index contributed by atoms with van der Waals surface area (Å²) in [6.45, 7) is 2.99. The maximum atomic E-state index is 12.5. The third-order valence-corrected chi connectivity index (χ3v) is 6.64. The minimum atomic E-state index is -3.54. The highest BCUT2D eigenvalue weighted by atomic mass is 32.2. The fourth-order valence-corrected chi connectivity index (χ4v) is 4.62. The molecule has 1 aliphatic carbocycles. The summed E-state index contributed by atoms with van der Waals surface area (Å²) < 4.78 is 35.8. The first-order valence-corrected chi connectivity index (χ1v) is 10.5. The highest BCUT2D eigenvalue weighted by Gasteiger charge is 2.24. The maximum absolute atomic E-state index is 12.5. The van der Waals surface area contributed by atoms with Crippen LogP contribution in [-0.2, 0) is 14.6 Å². The Morgan fingerprint density at radius 1 is 1.16 bits per heavy atom. The Hall–Kier alpha value is -1.76. The number of carbonyl (C=O) groups excluding carboxylic acids is 1. The van der Waals surface area contributed by atoms with Crippen molar-refractivity contribution in [1.82, 2.24) is 5.32 Å². The van der Waals surface area contributed by atoms with Crippen LogP contribution in [0.25, 0.3) is 0 Å². The molecule has 1 aromatic carbocycles. The first-order valence-electron chi connectivity index (χ1n) is 8.87. The number of nitrogens with one attached hydrogen (secondary N) is 1. The van der Waals surface area contributed by atoms with Crippen LogP contribution in [0.4, 0.5) is 0 Å². The standard InChI is InChI=1S/C18H25NO5S/c1-13-4-2-3-5-15(13)19-18(20)8-11-25(21,22)14-6-7-16-17(12-14)24-10-9-23-16/h6-7,12-13,15H,2-5,8-11H2,1H3,(H,19,20). The molecule has 1 saturated carbocycles. The number of benzene rings is 1. The van der Waals surface area contributed by atoms with Gasteiger partial charge in [0.25, 0.3) is 0 Å². The van der Waals surface area contributed by atoms with Crippen LogP contribution in [0.5, 0.6) is 11.5 Å². The predicted octanol–water partition coefficient (Wildman–Crippen LogP) is 2.32. The van der Waals surface area contributed by atoms with E-state index in [9.17, 15) is 13.2 Å². The predicted molar refractivity (Wildman–Crippen MR) is 93.7 cm³/mol. The van der Waals surface area contributed by atoms with Crippen molar-refractivity contribution in [2.24, 2.45) is 5.92 Å². The van der Waals surface area contributed by atoms with Crippen LogP contribution in [0, 0.1) is 5.92 Å². The summed E-state index contributed by atoms with van der Waals surface area (Å²) in [4.78, 5) is 12.3. The van der Waals surface area contributed by atoms with Gasteiger partial charge < -0.3 is 14.8 Å². The van der Waals surface area contributed by atoms with E-state index in [1.54, 1.807) is 6.07 Å². The molecule has 0 aromatic heterocycles. The fraction of sp³-hybridized carbons (Fsp3) is 0.611. The summed E-state index contributed by atoms with van der Waals surface area (Å²) >= 11 is 0. The van der Waals surface area contributed by atoms with E-state index in [2.05, 4.69) is 12.2 Å². The normalized spacial score (nSPS) is 23.1. The number of fused-ring (bicyclic) bond motifs is 1. The van der Waals surface area contributed by atoms with E-state index in [1.807, 2.05) is 0 Å². The van der Waals surface area contributed by atoms with Crippen LogP contribution < -0.4 is 14.8 Å². The second-order valence-electron chi connectivity index (χ2n) is 6.81. The molecule has 6 nitrogen and oxygen atoms in total. The molecule has 25 heavy (non-hydrogen) atoms. The van der Waals surface area contributed by atoms with Gasteiger partial charge in [-0.15, -0.1) is 0 Å². The minimum Gasteiger partial charge on any atom is -0.486 e. The molecule has 3 rings (SSSR count). The molecule has 138 valence electrons. The summed E-state index contributed by atoms with van der Waals surface area (Å²) in [5.74, 6) is 1.04. The molecule has 1 aromatic rings. The second-order valence-corrected chi connectivity index (χ2v) is 8.92. The molecule has 1 aliphatic heterocycles. The average Bonchev–Trinajstić information content (AvgIpc) is 2.62. The Labute approximate surface area is 148 Å². The van der Waals surface area contributed by atoms with Crippen LogP contribution >= 0.6 is 0 Å². The van der Waals surface area contributed by atoms with Crippen LogP contribution in [0.1, 0.15) is 39.0 Å². The van der Waals surface area contributed by atoms with Crippen molar-refractivity contribution in [3.63, 3.8) is 0 Å². The number of hydrogen-bond acceptors (Lipinski definition) is 5. The van der Waals surface area contributed by atoms with Gasteiger partial charge in [0.1, 0.15) is 13.2 Å². The first-order chi connectivity index (χ1) is 12.0. The van der Waals surface area contributed by atoms with Crippen molar-refractivity contribution in [2.75, 3.05) is 19.0 Å². The molecule has 7 heteroatoms. The number of rotatable bonds is 5. The zero-order chi connectivity index (χ0) is 17.9. The largest absolute Gasteiger partial charge is 0.486 e. The van der Waals surface area contributed by atoms with E-state index < -0.39 is 9.84 Å². The summed E-state index contributed by atoms with van der Waals surface area (Å²) in [6.07, 6.45) is 4.37. The molecule has 2 aliphatic rings. The number of amides is 1. The van der Waals surface area contributed by atoms with Crippen molar-refractivity contribution in [1.29, 1.82) is 0 Å². The van der Waals surface area contributed by atoms with Gasteiger partial charge in [0.2, 0.25) is 5.91 Å². The highest BCUT2D eigenvalue weighted by Crippen LogP contribution is 2.32. The molecule has 2 atom stereocenters. The van der Waals surface area contributed by atoms with Crippen LogP contribution in [0.2, 0.25) is 0 Å². The van der Waals surface area contributed by atoms with E-state index >= 15 is 0 Å². The van der Waals surface area contributed by atoms with Gasteiger partial charge in [0.15, 0.2) is 21.3 Å². The summed E-state index contributed by atoms with van der Waals surface area (Å²) in [6, 6.07) is 4.75. The molecule has 1 N–H and O–H groups in total. The molecule has 0 saturated heterocycles. The van der Waals surface area contributed by atoms with Gasteiger partial charge in [-0.1, -0.05) is 19.8 Å². The number of hydrogen-bond donors (Lipinski definition) is 1. The Morgan fingerprint density at radius 2 is 1.88 bits per heavy atom. The van der Waals surface area contributed by atoms with Crippen LogP contribution in [0.15, 0.2) is 23.1 Å². The third-order valence-electron chi connectivity index (χ3n) is 4.93. The van der Waals surface area contributed by atoms with Crippen molar-refractivity contribution >= 4 is 15.7 Å². The van der Waals surface area contributed by atoms with Crippen molar-refractivity contribution in [3.8, 4) is 11.5 Å². The molecular formula is C18H25NO5S. The van der Waals surface area contributed by atoms with Crippen LogP contribution in [-0.4, -0.2) is 39.3 Å². The lowest BCUT2D eigenvalue weighted by Crippen LogP contribution is -2.41. The van der Waals surface area contributed by atoms with Crippen molar-refractivity contribution in [3.05, 3.63) is 18.2 Å². The van der Waals surface area contributed by atoms with E-state index in [-0.39, 0.29) is 29.0 Å². The number of carbonyl (C=O) groups is 1. The van der Waals surface area contributed by atoms with Gasteiger partial charge in [-0.3, -0.25) is 4.79 Å². The third kappa shape index (κ3) is 4.45. The highest BCUT2D eigenvalue weighted by molar-refractivity contribution is 7.91. The lowest BCUT2D eigenvalue weighted by molar-refractivity contribution is -0.122. The van der Waals surface area contributed by atoms with E-state index in [4.69, 9.17) is 9.47 Å². The molecule has 1 heterocycles. The van der Waals surface area contributed by atoms with Crippen LogP contribution in [0.3, 0.4) is 0 Å². The lowest BCUT2D eigenvalue weighted by Gasteiger charge is -2.29. The van der Waals surface area contributed by atoms with Gasteiger partial charge in [-0.05, 0) is 30.9 Å². The van der Waals surface area contributed by atoms with E-state index in [0.717, 1.165) is 19.3 Å². The average molecular weight is 367 g/mol. The van der Waals surface area contributed by atoms with E-state index in [0.29, 0.717) is 30.6 Å². The minimum absolute atomic E-state index is 0.0278. The van der Waals surface area contributed by atoms with Gasteiger partial charge in [0.05, 0.1) is 10.6 Å². The summed E-state index contributed by atoms with van der Waals surface area (Å²) in [7, 11) is -3.54. The molecule has 2 unspecified atom stereocenters. The van der Waals surface area contributed by atoms with Crippen molar-refractivity contribution < 1.29 is 22.7 Å². The van der Waals surface area contributed by atoms with Gasteiger partial charge >= 0.3 is 0 Å². The van der Waals surface area contributed by atoms with Gasteiger partial charge in [-0.2, -0.15) is 0 Å². The molecule has 0 spiro atoms. The number of ether oxygens (including phenoxy) is 2. The zero-order valence-corrected chi connectivity index (χ0v) is 15.3. The van der Waals surface area contributed by atoms with Gasteiger partial charge in [0, 0.05) is 18.5 Å². The van der Waals surface area contributed by atoms with E-state index in [1.165, 1.54) is 18.6 Å². The lowest BCUT2D eigenvalue weighted by atomic mass is 9.86. The molecule has 1 amide bonds. The molecular weight excluding hydrogens is 342 g/mol. The molecule has 0 radical (unpaired) electrons. The monoisotopic (exact) mass is 367 g/mol. The SMILES string of the molecule is CC1CCCCC1NC(=O)CCS(=O)(=O)c1ccc2c(c1)OCCO2. The first kappa shape index (κ1) is 18.0. The molecule has 0 bridgehead atoms. The topological polar surface area (TPSA) is 81.7 Å². The Morgan fingerprint density at radius 3 is 2.64 bits per heavy atom. The van der Waals surface area contributed by atoms with Gasteiger partial charge in [-0.25, -0.2) is 8.42 Å². The quantitative estimate of drug-likeness (QED) is 0.864. The Bertz CT molecular complexity index is 731. The Kier molecular flexibility index (Phi) is 5.51. The Balaban J connectivity index is 1.59. The summed E-state index contributed by atoms with van der Waals surface area (Å²) in [5, 5.41) is 2.99. The molecule has 1 fully saturated rings.